The quantitative estimate of drug-likeness (QED) is 0.819. The maximum Gasteiger partial charge on any atom is 0.274 e. The summed E-state index contributed by atoms with van der Waals surface area (Å²) in [5, 5.41) is 0. The molecule has 116 valence electrons. The van der Waals surface area contributed by atoms with E-state index in [9.17, 15) is 4.79 Å². The van der Waals surface area contributed by atoms with E-state index >= 15 is 0 Å². The summed E-state index contributed by atoms with van der Waals surface area (Å²) in [5.74, 6) is 1.01. The van der Waals surface area contributed by atoms with E-state index in [1.54, 1.807) is 12.4 Å². The fourth-order valence-electron chi connectivity index (χ4n) is 2.64. The van der Waals surface area contributed by atoms with Gasteiger partial charge in [0.1, 0.15) is 11.5 Å². The molecule has 0 atom stereocenters. The van der Waals surface area contributed by atoms with Crippen molar-refractivity contribution in [2.24, 2.45) is 0 Å². The maximum atomic E-state index is 12.3. The Hall–Kier alpha value is -2.28. The SMILES string of the molecule is Cc1nccn1CCN1CCN(C(=O)c2cnccn2)CC1. The highest BCUT2D eigenvalue weighted by molar-refractivity contribution is 5.92. The molecule has 0 bridgehead atoms. The van der Waals surface area contributed by atoms with Crippen LogP contribution in [0.5, 0.6) is 0 Å². The molecule has 3 heterocycles. The van der Waals surface area contributed by atoms with Crippen LogP contribution in [0.2, 0.25) is 0 Å². The van der Waals surface area contributed by atoms with Crippen LogP contribution in [0.1, 0.15) is 16.3 Å². The van der Waals surface area contributed by atoms with E-state index in [-0.39, 0.29) is 5.91 Å². The second kappa shape index (κ2) is 6.65. The van der Waals surface area contributed by atoms with Gasteiger partial charge < -0.3 is 9.47 Å². The van der Waals surface area contributed by atoms with E-state index in [1.807, 2.05) is 24.2 Å². The largest absolute Gasteiger partial charge is 0.335 e. The Morgan fingerprint density at radius 1 is 1.09 bits per heavy atom. The lowest BCUT2D eigenvalue weighted by molar-refractivity contribution is 0.0627. The van der Waals surface area contributed by atoms with Crippen LogP contribution in [0.3, 0.4) is 0 Å². The predicted molar refractivity (Wildman–Crippen MR) is 81.3 cm³/mol. The van der Waals surface area contributed by atoms with E-state index in [2.05, 4.69) is 24.4 Å². The zero-order chi connectivity index (χ0) is 15.4. The number of hydrogen-bond acceptors (Lipinski definition) is 5. The van der Waals surface area contributed by atoms with Crippen molar-refractivity contribution in [3.63, 3.8) is 0 Å². The lowest BCUT2D eigenvalue weighted by Crippen LogP contribution is -2.49. The van der Waals surface area contributed by atoms with Crippen molar-refractivity contribution in [3.05, 3.63) is 42.5 Å². The van der Waals surface area contributed by atoms with Crippen molar-refractivity contribution in [1.82, 2.24) is 29.3 Å². The molecule has 2 aromatic heterocycles. The molecule has 1 aliphatic rings. The molecule has 0 saturated carbocycles. The molecule has 1 aliphatic heterocycles. The molecule has 0 spiro atoms. The third-order valence-corrected chi connectivity index (χ3v) is 4.02. The van der Waals surface area contributed by atoms with Gasteiger partial charge in [0.25, 0.3) is 5.91 Å². The number of amides is 1. The normalized spacial score (nSPS) is 16.0. The number of imidazole rings is 1. The zero-order valence-corrected chi connectivity index (χ0v) is 12.7. The molecule has 0 radical (unpaired) electrons. The summed E-state index contributed by atoms with van der Waals surface area (Å²) in [6.45, 7) is 7.17. The molecular weight excluding hydrogens is 280 g/mol. The van der Waals surface area contributed by atoms with E-state index in [4.69, 9.17) is 0 Å². The van der Waals surface area contributed by atoms with Crippen LogP contribution in [-0.4, -0.2) is 67.9 Å². The molecule has 2 aromatic rings. The first-order chi connectivity index (χ1) is 10.7. The number of aromatic nitrogens is 4. The van der Waals surface area contributed by atoms with Crippen molar-refractivity contribution in [1.29, 1.82) is 0 Å². The minimum atomic E-state index is -0.0294. The molecule has 0 unspecified atom stereocenters. The lowest BCUT2D eigenvalue weighted by Gasteiger charge is -2.34. The number of piperazine rings is 1. The minimum Gasteiger partial charge on any atom is -0.335 e. The monoisotopic (exact) mass is 300 g/mol. The van der Waals surface area contributed by atoms with Crippen molar-refractivity contribution >= 4 is 5.91 Å². The smallest absolute Gasteiger partial charge is 0.274 e. The summed E-state index contributed by atoms with van der Waals surface area (Å²) in [7, 11) is 0. The van der Waals surface area contributed by atoms with E-state index in [0.29, 0.717) is 5.69 Å². The van der Waals surface area contributed by atoms with Gasteiger partial charge in [-0.2, -0.15) is 0 Å². The topological polar surface area (TPSA) is 67.2 Å². The standard InChI is InChI=1S/C15H20N6O/c1-13-17-4-5-20(13)9-6-19-7-10-21(11-8-19)15(22)14-12-16-2-3-18-14/h2-5,12H,6-11H2,1H3. The highest BCUT2D eigenvalue weighted by Crippen LogP contribution is 2.07. The molecule has 3 rings (SSSR count). The fraction of sp³-hybridized carbons (Fsp3) is 0.467. The Labute approximate surface area is 129 Å². The van der Waals surface area contributed by atoms with Crippen LogP contribution in [0.4, 0.5) is 0 Å². The summed E-state index contributed by atoms with van der Waals surface area (Å²) >= 11 is 0. The van der Waals surface area contributed by atoms with Gasteiger partial charge in [0, 0.05) is 64.1 Å². The Kier molecular flexibility index (Phi) is 4.43. The highest BCUT2D eigenvalue weighted by Gasteiger charge is 2.22. The molecule has 7 heteroatoms. The average molecular weight is 300 g/mol. The van der Waals surface area contributed by atoms with Gasteiger partial charge >= 0.3 is 0 Å². The lowest BCUT2D eigenvalue weighted by atomic mass is 10.2. The minimum absolute atomic E-state index is 0.0294. The molecular formula is C15H20N6O. The first-order valence-corrected chi connectivity index (χ1v) is 7.49. The number of carbonyl (C=O) groups is 1. The van der Waals surface area contributed by atoms with Crippen molar-refractivity contribution in [2.75, 3.05) is 32.7 Å². The number of nitrogens with zero attached hydrogens (tertiary/aromatic N) is 6. The summed E-state index contributed by atoms with van der Waals surface area (Å²) in [4.78, 5) is 28.8. The number of carbonyl (C=O) groups excluding carboxylic acids is 1. The van der Waals surface area contributed by atoms with Gasteiger partial charge in [0.2, 0.25) is 0 Å². The summed E-state index contributed by atoms with van der Waals surface area (Å²) in [6, 6.07) is 0. The number of hydrogen-bond donors (Lipinski definition) is 0. The molecule has 0 N–H and O–H groups in total. The Morgan fingerprint density at radius 3 is 2.55 bits per heavy atom. The zero-order valence-electron chi connectivity index (χ0n) is 12.7. The fourth-order valence-corrected chi connectivity index (χ4v) is 2.64. The number of aryl methyl sites for hydroxylation is 1. The molecule has 1 saturated heterocycles. The van der Waals surface area contributed by atoms with Crippen LogP contribution < -0.4 is 0 Å². The van der Waals surface area contributed by atoms with Crippen LogP contribution >= 0.6 is 0 Å². The average Bonchev–Trinajstić information content (AvgIpc) is 2.99. The van der Waals surface area contributed by atoms with Crippen LogP contribution in [0.25, 0.3) is 0 Å². The van der Waals surface area contributed by atoms with Gasteiger partial charge in [-0.25, -0.2) is 9.97 Å². The van der Waals surface area contributed by atoms with Crippen LogP contribution in [0, 0.1) is 6.92 Å². The van der Waals surface area contributed by atoms with E-state index < -0.39 is 0 Å². The number of rotatable bonds is 4. The third kappa shape index (κ3) is 3.30. The molecule has 22 heavy (non-hydrogen) atoms. The van der Waals surface area contributed by atoms with Gasteiger partial charge in [-0.1, -0.05) is 0 Å². The first kappa shape index (κ1) is 14.6. The molecule has 7 nitrogen and oxygen atoms in total. The Morgan fingerprint density at radius 2 is 1.91 bits per heavy atom. The van der Waals surface area contributed by atoms with Gasteiger partial charge in [-0.15, -0.1) is 0 Å². The van der Waals surface area contributed by atoms with E-state index in [0.717, 1.165) is 45.1 Å². The second-order valence-electron chi connectivity index (χ2n) is 5.39. The Balaban J connectivity index is 1.48. The molecule has 1 amide bonds. The van der Waals surface area contributed by atoms with Gasteiger partial charge in [-0.3, -0.25) is 14.7 Å². The summed E-state index contributed by atoms with van der Waals surface area (Å²) in [5.41, 5.74) is 0.421. The summed E-state index contributed by atoms with van der Waals surface area (Å²) < 4.78 is 2.15. The second-order valence-corrected chi connectivity index (χ2v) is 5.39. The molecule has 0 aromatic carbocycles. The Bertz CT molecular complexity index is 618. The maximum absolute atomic E-state index is 12.3. The predicted octanol–water partition coefficient (Wildman–Crippen LogP) is 0.440. The molecule has 1 fully saturated rings. The molecule has 0 aliphatic carbocycles. The first-order valence-electron chi connectivity index (χ1n) is 7.49. The van der Waals surface area contributed by atoms with Gasteiger partial charge in [0.15, 0.2) is 0 Å². The third-order valence-electron chi connectivity index (χ3n) is 4.02. The van der Waals surface area contributed by atoms with Crippen LogP contribution in [-0.2, 0) is 6.54 Å². The van der Waals surface area contributed by atoms with Gasteiger partial charge in [-0.05, 0) is 6.92 Å². The summed E-state index contributed by atoms with van der Waals surface area (Å²) in [6.07, 6.45) is 8.48. The van der Waals surface area contributed by atoms with Crippen LogP contribution in [0.15, 0.2) is 31.0 Å². The van der Waals surface area contributed by atoms with Crippen molar-refractivity contribution < 1.29 is 4.79 Å². The highest BCUT2D eigenvalue weighted by atomic mass is 16.2. The van der Waals surface area contributed by atoms with Crippen molar-refractivity contribution in [2.45, 2.75) is 13.5 Å². The van der Waals surface area contributed by atoms with Crippen molar-refractivity contribution in [3.8, 4) is 0 Å². The van der Waals surface area contributed by atoms with E-state index in [1.165, 1.54) is 6.20 Å². The van der Waals surface area contributed by atoms with Gasteiger partial charge in [0.05, 0.1) is 6.20 Å².